The van der Waals surface area contributed by atoms with E-state index in [1.807, 2.05) is 0 Å². The number of sulfone groups is 1. The molecule has 2 rings (SSSR count). The molecule has 0 aliphatic carbocycles. The Hall–Kier alpha value is -1.57. The van der Waals surface area contributed by atoms with Crippen molar-refractivity contribution < 1.29 is 17.9 Å². The molecule has 1 amide bonds. The van der Waals surface area contributed by atoms with Crippen molar-refractivity contribution in [2.45, 2.75) is 11.3 Å². The van der Waals surface area contributed by atoms with E-state index in [1.54, 1.807) is 42.3 Å². The van der Waals surface area contributed by atoms with Crippen molar-refractivity contribution in [2.24, 2.45) is 0 Å². The highest BCUT2D eigenvalue weighted by atomic mass is 79.9. The molecule has 0 heterocycles. The predicted molar refractivity (Wildman–Crippen MR) is 106 cm³/mol. The summed E-state index contributed by atoms with van der Waals surface area (Å²) in [5.41, 5.74) is 0.444. The summed E-state index contributed by atoms with van der Waals surface area (Å²) in [6, 6.07) is 11.5. The smallest absolute Gasteiger partial charge is 0.255 e. The minimum Gasteiger partial charge on any atom is -0.493 e. The maximum Gasteiger partial charge on any atom is 0.255 e. The number of carbonyl (C=O) groups excluding carboxylic acids is 1. The van der Waals surface area contributed by atoms with Gasteiger partial charge in [-0.05, 0) is 42.8 Å². The Kier molecular flexibility index (Phi) is 7.08. The van der Waals surface area contributed by atoms with E-state index in [9.17, 15) is 13.2 Å². The second-order valence-corrected chi connectivity index (χ2v) is 9.14. The third-order valence-corrected chi connectivity index (χ3v) is 5.56. The summed E-state index contributed by atoms with van der Waals surface area (Å²) in [5, 5.41) is 0.394. The van der Waals surface area contributed by atoms with E-state index in [4.69, 9.17) is 16.3 Å². The zero-order valence-corrected chi connectivity index (χ0v) is 17.6. The van der Waals surface area contributed by atoms with Gasteiger partial charge in [0.1, 0.15) is 5.75 Å². The first kappa shape index (κ1) is 20.7. The molecule has 0 aliphatic rings. The Morgan fingerprint density at radius 2 is 1.96 bits per heavy atom. The Morgan fingerprint density at radius 3 is 2.62 bits per heavy atom. The van der Waals surface area contributed by atoms with Crippen LogP contribution in [0.4, 0.5) is 0 Å². The molecule has 0 fully saturated rings. The molecule has 0 radical (unpaired) electrons. The van der Waals surface area contributed by atoms with Crippen molar-refractivity contribution in [1.29, 1.82) is 0 Å². The van der Waals surface area contributed by atoms with Gasteiger partial charge in [0, 0.05) is 24.3 Å². The standard InChI is InChI=1S/C18H19BrClNO4S/c1-21(18(22)16-8-7-13(19)11-17(16)20)9-4-10-25-14-5-3-6-15(12-14)26(2,23)24/h3,5-8,11-12H,4,9-10H2,1-2H3. The molecule has 140 valence electrons. The summed E-state index contributed by atoms with van der Waals surface area (Å²) >= 11 is 9.42. The number of nitrogens with zero attached hydrogens (tertiary/aromatic N) is 1. The quantitative estimate of drug-likeness (QED) is 0.585. The topological polar surface area (TPSA) is 63.7 Å². The van der Waals surface area contributed by atoms with Crippen LogP contribution in [0.5, 0.6) is 5.75 Å². The van der Waals surface area contributed by atoms with Gasteiger partial charge in [-0.3, -0.25) is 4.79 Å². The number of rotatable bonds is 7. The van der Waals surface area contributed by atoms with E-state index in [-0.39, 0.29) is 10.8 Å². The highest BCUT2D eigenvalue weighted by molar-refractivity contribution is 9.10. The van der Waals surface area contributed by atoms with Crippen LogP contribution in [0, 0.1) is 0 Å². The molecule has 8 heteroatoms. The van der Waals surface area contributed by atoms with E-state index in [0.717, 1.165) is 10.7 Å². The van der Waals surface area contributed by atoms with Crippen LogP contribution in [0.15, 0.2) is 51.8 Å². The predicted octanol–water partition coefficient (Wildman–Crippen LogP) is 4.05. The summed E-state index contributed by atoms with van der Waals surface area (Å²) < 4.78 is 29.5. The van der Waals surface area contributed by atoms with E-state index in [0.29, 0.717) is 35.9 Å². The molecular formula is C18H19BrClNO4S. The Balaban J connectivity index is 1.87. The largest absolute Gasteiger partial charge is 0.493 e. The van der Waals surface area contributed by atoms with E-state index in [1.165, 1.54) is 12.1 Å². The van der Waals surface area contributed by atoms with Crippen molar-refractivity contribution in [2.75, 3.05) is 26.5 Å². The zero-order chi connectivity index (χ0) is 19.3. The van der Waals surface area contributed by atoms with Gasteiger partial charge in [-0.2, -0.15) is 0 Å². The van der Waals surface area contributed by atoms with Crippen LogP contribution in [-0.4, -0.2) is 45.7 Å². The maximum atomic E-state index is 12.4. The lowest BCUT2D eigenvalue weighted by molar-refractivity contribution is 0.0788. The summed E-state index contributed by atoms with van der Waals surface area (Å²) in [7, 11) is -1.57. The number of halogens is 2. The van der Waals surface area contributed by atoms with Gasteiger partial charge in [0.25, 0.3) is 5.91 Å². The van der Waals surface area contributed by atoms with Gasteiger partial charge in [0.2, 0.25) is 0 Å². The highest BCUT2D eigenvalue weighted by Crippen LogP contribution is 2.22. The minimum absolute atomic E-state index is 0.165. The number of hydrogen-bond acceptors (Lipinski definition) is 4. The summed E-state index contributed by atoms with van der Waals surface area (Å²) in [4.78, 5) is 14.2. The fourth-order valence-corrected chi connectivity index (χ4v) is 3.67. The Morgan fingerprint density at radius 1 is 1.23 bits per heavy atom. The fraction of sp³-hybridized carbons (Fsp3) is 0.278. The number of ether oxygens (including phenoxy) is 1. The maximum absolute atomic E-state index is 12.4. The van der Waals surface area contributed by atoms with Crippen molar-refractivity contribution >= 4 is 43.3 Å². The monoisotopic (exact) mass is 459 g/mol. The van der Waals surface area contributed by atoms with Crippen molar-refractivity contribution in [3.05, 3.63) is 57.5 Å². The molecule has 26 heavy (non-hydrogen) atoms. The minimum atomic E-state index is -3.27. The SMILES string of the molecule is CN(CCCOc1cccc(S(C)(=O)=O)c1)C(=O)c1ccc(Br)cc1Cl. The first-order chi connectivity index (χ1) is 12.2. The molecule has 2 aromatic rings. The molecule has 0 bridgehead atoms. The van der Waals surface area contributed by atoms with Gasteiger partial charge in [-0.25, -0.2) is 8.42 Å². The molecule has 0 unspecified atom stereocenters. The highest BCUT2D eigenvalue weighted by Gasteiger charge is 2.15. The van der Waals surface area contributed by atoms with Crippen molar-refractivity contribution in [1.82, 2.24) is 4.90 Å². The van der Waals surface area contributed by atoms with Crippen LogP contribution in [0.25, 0.3) is 0 Å². The van der Waals surface area contributed by atoms with Gasteiger partial charge < -0.3 is 9.64 Å². The number of carbonyl (C=O) groups is 1. The Labute approximate surface area is 167 Å². The van der Waals surface area contributed by atoms with Gasteiger partial charge in [0.05, 0.1) is 22.1 Å². The van der Waals surface area contributed by atoms with Crippen molar-refractivity contribution in [3.8, 4) is 5.75 Å². The zero-order valence-electron chi connectivity index (χ0n) is 14.4. The molecule has 0 aliphatic heterocycles. The average molecular weight is 461 g/mol. The summed E-state index contributed by atoms with van der Waals surface area (Å²) in [6.45, 7) is 0.843. The van der Waals surface area contributed by atoms with Gasteiger partial charge >= 0.3 is 0 Å². The number of hydrogen-bond donors (Lipinski definition) is 0. The normalized spacial score (nSPS) is 11.2. The molecule has 0 aromatic heterocycles. The van der Waals surface area contributed by atoms with Crippen LogP contribution in [0.2, 0.25) is 5.02 Å². The number of amides is 1. The second kappa shape index (κ2) is 8.88. The van der Waals surface area contributed by atoms with Gasteiger partial charge in [0.15, 0.2) is 9.84 Å². The van der Waals surface area contributed by atoms with Crippen LogP contribution in [0.3, 0.4) is 0 Å². The number of benzene rings is 2. The third-order valence-electron chi connectivity index (χ3n) is 3.65. The molecular weight excluding hydrogens is 442 g/mol. The third kappa shape index (κ3) is 5.72. The second-order valence-electron chi connectivity index (χ2n) is 5.80. The van der Waals surface area contributed by atoms with Gasteiger partial charge in [-0.15, -0.1) is 0 Å². The van der Waals surface area contributed by atoms with Gasteiger partial charge in [-0.1, -0.05) is 33.6 Å². The molecule has 0 saturated carbocycles. The lowest BCUT2D eigenvalue weighted by Gasteiger charge is -2.18. The molecule has 0 spiro atoms. The lowest BCUT2D eigenvalue weighted by Crippen LogP contribution is -2.28. The fourth-order valence-electron chi connectivity index (χ4n) is 2.26. The van der Waals surface area contributed by atoms with Crippen LogP contribution in [-0.2, 0) is 9.84 Å². The molecule has 2 aromatic carbocycles. The molecule has 0 atom stereocenters. The summed E-state index contributed by atoms with van der Waals surface area (Å²) in [6.07, 6.45) is 1.75. The lowest BCUT2D eigenvalue weighted by atomic mass is 10.2. The van der Waals surface area contributed by atoms with Crippen molar-refractivity contribution in [3.63, 3.8) is 0 Å². The van der Waals surface area contributed by atoms with Crippen LogP contribution < -0.4 is 4.74 Å². The first-order valence-electron chi connectivity index (χ1n) is 7.82. The molecule has 0 N–H and O–H groups in total. The van der Waals surface area contributed by atoms with E-state index >= 15 is 0 Å². The average Bonchev–Trinajstić information content (AvgIpc) is 2.57. The molecule has 0 saturated heterocycles. The van der Waals surface area contributed by atoms with Crippen LogP contribution >= 0.6 is 27.5 Å². The van der Waals surface area contributed by atoms with Crippen LogP contribution in [0.1, 0.15) is 16.8 Å². The first-order valence-corrected chi connectivity index (χ1v) is 10.9. The summed E-state index contributed by atoms with van der Waals surface area (Å²) in [5.74, 6) is 0.319. The van der Waals surface area contributed by atoms with E-state index in [2.05, 4.69) is 15.9 Å². The Bertz CT molecular complexity index is 902. The van der Waals surface area contributed by atoms with E-state index < -0.39 is 9.84 Å². The molecule has 5 nitrogen and oxygen atoms in total.